The average Bonchev–Trinajstić information content (AvgIpc) is 2.95. The summed E-state index contributed by atoms with van der Waals surface area (Å²) in [6.45, 7) is 4.62. The first kappa shape index (κ1) is 18.1. The zero-order valence-corrected chi connectivity index (χ0v) is 15.6. The molecule has 8 nitrogen and oxygen atoms in total. The van der Waals surface area contributed by atoms with Gasteiger partial charge in [-0.15, -0.1) is 10.2 Å². The van der Waals surface area contributed by atoms with Crippen molar-refractivity contribution >= 4 is 45.8 Å². The Morgan fingerprint density at radius 3 is 2.77 bits per heavy atom. The van der Waals surface area contributed by atoms with Gasteiger partial charge < -0.3 is 9.88 Å². The van der Waals surface area contributed by atoms with E-state index in [1.165, 1.54) is 18.8 Å². The van der Waals surface area contributed by atoms with Crippen molar-refractivity contribution in [2.75, 3.05) is 7.05 Å². The highest BCUT2D eigenvalue weighted by molar-refractivity contribution is 8.00. The van der Waals surface area contributed by atoms with Crippen LogP contribution in [0.15, 0.2) is 29.4 Å². The Kier molecular flexibility index (Phi) is 5.36. The number of rotatable bonds is 5. The second kappa shape index (κ2) is 7.69. The van der Waals surface area contributed by atoms with Crippen LogP contribution in [0.25, 0.3) is 22.1 Å². The summed E-state index contributed by atoms with van der Waals surface area (Å²) >= 11 is 1.17. The summed E-state index contributed by atoms with van der Waals surface area (Å²) in [6.07, 6.45) is 0.963. The molecule has 2 N–H and O–H groups in total. The van der Waals surface area contributed by atoms with Gasteiger partial charge in [0, 0.05) is 19.0 Å². The normalized spacial score (nSPS) is 12.3. The standard InChI is InChI=1S/C17H20N6O2S/c1-4-9-23-12-8-6-5-7-11(12)13-14(23)19-17(22-21-13)26-10(2)15(24)20-16(25)18-3/h5-8,10H,4,9H2,1-3H3,(H2,18,20,24,25). The van der Waals surface area contributed by atoms with Crippen LogP contribution in [0.1, 0.15) is 20.3 Å². The smallest absolute Gasteiger partial charge is 0.321 e. The zero-order valence-electron chi connectivity index (χ0n) is 14.8. The third-order valence-corrected chi connectivity index (χ3v) is 4.87. The highest BCUT2D eigenvalue weighted by Crippen LogP contribution is 2.28. The Hall–Kier alpha value is -2.68. The molecule has 0 bridgehead atoms. The van der Waals surface area contributed by atoms with Crippen molar-refractivity contribution in [3.63, 3.8) is 0 Å². The van der Waals surface area contributed by atoms with Crippen LogP contribution in [0, 0.1) is 0 Å². The largest absolute Gasteiger partial charge is 0.341 e. The summed E-state index contributed by atoms with van der Waals surface area (Å²) in [4.78, 5) is 27.9. The van der Waals surface area contributed by atoms with E-state index in [-0.39, 0.29) is 0 Å². The molecule has 136 valence electrons. The van der Waals surface area contributed by atoms with E-state index in [4.69, 9.17) is 0 Å². The Morgan fingerprint density at radius 2 is 2.04 bits per heavy atom. The van der Waals surface area contributed by atoms with Gasteiger partial charge in [0.1, 0.15) is 5.52 Å². The predicted octanol–water partition coefficient (Wildman–Crippen LogP) is 2.33. The van der Waals surface area contributed by atoms with Crippen molar-refractivity contribution in [3.8, 4) is 0 Å². The fourth-order valence-electron chi connectivity index (χ4n) is 2.68. The maximum atomic E-state index is 12.0. The second-order valence-electron chi connectivity index (χ2n) is 5.76. The fourth-order valence-corrected chi connectivity index (χ4v) is 3.39. The van der Waals surface area contributed by atoms with Crippen LogP contribution in [-0.2, 0) is 11.3 Å². The number of thioether (sulfide) groups is 1. The lowest BCUT2D eigenvalue weighted by atomic mass is 10.2. The first-order valence-electron chi connectivity index (χ1n) is 8.36. The number of urea groups is 1. The molecule has 1 aromatic carbocycles. The number of benzene rings is 1. The molecule has 0 saturated carbocycles. The number of fused-ring (bicyclic) bond motifs is 3. The Morgan fingerprint density at radius 1 is 1.27 bits per heavy atom. The third-order valence-electron chi connectivity index (χ3n) is 3.92. The van der Waals surface area contributed by atoms with Crippen LogP contribution < -0.4 is 10.6 Å². The average molecular weight is 372 g/mol. The van der Waals surface area contributed by atoms with Gasteiger partial charge in [-0.2, -0.15) is 0 Å². The van der Waals surface area contributed by atoms with E-state index < -0.39 is 17.2 Å². The fraction of sp³-hybridized carbons (Fsp3) is 0.353. The number of carbonyl (C=O) groups excluding carboxylic acids is 2. The first-order chi connectivity index (χ1) is 12.5. The second-order valence-corrected chi connectivity index (χ2v) is 7.07. The van der Waals surface area contributed by atoms with E-state index in [0.29, 0.717) is 5.16 Å². The van der Waals surface area contributed by atoms with Gasteiger partial charge in [-0.1, -0.05) is 36.9 Å². The van der Waals surface area contributed by atoms with Crippen LogP contribution in [0.2, 0.25) is 0 Å². The zero-order chi connectivity index (χ0) is 18.7. The van der Waals surface area contributed by atoms with Crippen molar-refractivity contribution < 1.29 is 9.59 Å². The lowest BCUT2D eigenvalue weighted by Gasteiger charge is -2.10. The Bertz CT molecular complexity index is 970. The molecule has 0 radical (unpaired) electrons. The van der Waals surface area contributed by atoms with E-state index in [1.54, 1.807) is 6.92 Å². The number of nitrogens with one attached hydrogen (secondary N) is 2. The first-order valence-corrected chi connectivity index (χ1v) is 9.24. The molecule has 2 heterocycles. The molecule has 0 aliphatic carbocycles. The monoisotopic (exact) mass is 372 g/mol. The Balaban J connectivity index is 1.93. The highest BCUT2D eigenvalue weighted by atomic mass is 32.2. The predicted molar refractivity (Wildman–Crippen MR) is 101 cm³/mol. The highest BCUT2D eigenvalue weighted by Gasteiger charge is 2.20. The molecule has 1 unspecified atom stereocenters. The summed E-state index contributed by atoms with van der Waals surface area (Å²) in [5.74, 6) is -0.410. The Labute approximate surface area is 154 Å². The number of hydrogen-bond acceptors (Lipinski definition) is 6. The molecule has 0 saturated heterocycles. The van der Waals surface area contributed by atoms with Crippen molar-refractivity contribution in [1.29, 1.82) is 0 Å². The minimum Gasteiger partial charge on any atom is -0.341 e. The molecule has 0 aliphatic rings. The lowest BCUT2D eigenvalue weighted by Crippen LogP contribution is -2.41. The van der Waals surface area contributed by atoms with Gasteiger partial charge in [-0.3, -0.25) is 10.1 Å². The summed E-state index contributed by atoms with van der Waals surface area (Å²) in [5.41, 5.74) is 2.57. The molecule has 9 heteroatoms. The van der Waals surface area contributed by atoms with Gasteiger partial charge in [0.2, 0.25) is 11.1 Å². The number of para-hydroxylation sites is 1. The van der Waals surface area contributed by atoms with Crippen LogP contribution in [0.4, 0.5) is 4.79 Å². The number of nitrogens with zero attached hydrogens (tertiary/aromatic N) is 4. The van der Waals surface area contributed by atoms with Gasteiger partial charge in [-0.25, -0.2) is 9.78 Å². The van der Waals surface area contributed by atoms with Crippen molar-refractivity contribution in [1.82, 2.24) is 30.4 Å². The summed E-state index contributed by atoms with van der Waals surface area (Å²) in [5, 5.41) is 14.0. The molecule has 0 aliphatic heterocycles. The maximum absolute atomic E-state index is 12.0. The molecule has 3 amide bonds. The van der Waals surface area contributed by atoms with Gasteiger partial charge >= 0.3 is 6.03 Å². The molecular weight excluding hydrogens is 352 g/mol. The SMILES string of the molecule is CCCn1c2ccccc2c2nnc(SC(C)C(=O)NC(=O)NC)nc21. The molecule has 3 aromatic rings. The van der Waals surface area contributed by atoms with Gasteiger partial charge in [-0.05, 0) is 19.4 Å². The molecule has 3 rings (SSSR count). The quantitative estimate of drug-likeness (QED) is 0.667. The van der Waals surface area contributed by atoms with E-state index in [1.807, 2.05) is 24.3 Å². The van der Waals surface area contributed by atoms with Crippen LogP contribution in [0.5, 0.6) is 0 Å². The van der Waals surface area contributed by atoms with E-state index in [0.717, 1.165) is 35.0 Å². The number of amides is 3. The van der Waals surface area contributed by atoms with Gasteiger partial charge in [0.15, 0.2) is 5.65 Å². The number of aromatic nitrogens is 4. The minimum atomic E-state index is -0.542. The molecule has 0 fully saturated rings. The van der Waals surface area contributed by atoms with Gasteiger partial charge in [0.05, 0.1) is 10.8 Å². The molecule has 0 spiro atoms. The number of imide groups is 1. The summed E-state index contributed by atoms with van der Waals surface area (Å²) < 4.78 is 2.12. The molecular formula is C17H20N6O2S. The molecule has 1 atom stereocenters. The van der Waals surface area contributed by atoms with Crippen molar-refractivity contribution in [3.05, 3.63) is 24.3 Å². The van der Waals surface area contributed by atoms with Crippen LogP contribution >= 0.6 is 11.8 Å². The number of carbonyl (C=O) groups is 2. The number of hydrogen-bond donors (Lipinski definition) is 2. The number of aryl methyl sites for hydroxylation is 1. The van der Waals surface area contributed by atoms with E-state index in [9.17, 15) is 9.59 Å². The minimum absolute atomic E-state index is 0.400. The summed E-state index contributed by atoms with van der Waals surface area (Å²) in [6, 6.07) is 7.46. The van der Waals surface area contributed by atoms with Crippen molar-refractivity contribution in [2.45, 2.75) is 37.2 Å². The molecule has 2 aromatic heterocycles. The van der Waals surface area contributed by atoms with E-state index in [2.05, 4.69) is 37.3 Å². The third kappa shape index (κ3) is 3.48. The molecule has 26 heavy (non-hydrogen) atoms. The van der Waals surface area contributed by atoms with Crippen LogP contribution in [-0.4, -0.2) is 44.0 Å². The maximum Gasteiger partial charge on any atom is 0.321 e. The van der Waals surface area contributed by atoms with E-state index >= 15 is 0 Å². The van der Waals surface area contributed by atoms with Crippen molar-refractivity contribution in [2.24, 2.45) is 0 Å². The van der Waals surface area contributed by atoms with Gasteiger partial charge in [0.25, 0.3) is 0 Å². The van der Waals surface area contributed by atoms with Crippen LogP contribution in [0.3, 0.4) is 0 Å². The lowest BCUT2D eigenvalue weighted by molar-refractivity contribution is -0.119. The topological polar surface area (TPSA) is 102 Å². The summed E-state index contributed by atoms with van der Waals surface area (Å²) in [7, 11) is 1.45.